The summed E-state index contributed by atoms with van der Waals surface area (Å²) in [5.41, 5.74) is 3.25. The lowest BCUT2D eigenvalue weighted by Gasteiger charge is -2.06. The summed E-state index contributed by atoms with van der Waals surface area (Å²) in [4.78, 5) is 13.4. The van der Waals surface area contributed by atoms with Crippen molar-refractivity contribution in [2.75, 3.05) is 0 Å². The number of allylic oxidation sites excluding steroid dienone is 1. The number of nitrogens with zero attached hydrogens (tertiary/aromatic N) is 1. The summed E-state index contributed by atoms with van der Waals surface area (Å²) in [7, 11) is 0. The Labute approximate surface area is 134 Å². The molecular weight excluding hydrogens is 290 g/mol. The van der Waals surface area contributed by atoms with Crippen molar-refractivity contribution < 1.29 is 0 Å². The third-order valence-electron chi connectivity index (χ3n) is 3.51. The number of aromatic nitrogens is 1. The van der Waals surface area contributed by atoms with Gasteiger partial charge < -0.3 is 0 Å². The Hall–Kier alpha value is -2.39. The van der Waals surface area contributed by atoms with E-state index in [0.29, 0.717) is 6.54 Å². The first-order valence-electron chi connectivity index (χ1n) is 7.23. The van der Waals surface area contributed by atoms with Crippen LogP contribution in [0.1, 0.15) is 10.4 Å². The molecule has 110 valence electrons. The molecule has 2 aromatic carbocycles. The molecule has 0 radical (unpaired) electrons. The highest BCUT2D eigenvalue weighted by Crippen LogP contribution is 2.24. The largest absolute Gasteiger partial charge is 0.308 e. The molecule has 3 aromatic rings. The summed E-state index contributed by atoms with van der Waals surface area (Å²) in [6.45, 7) is 2.59. The van der Waals surface area contributed by atoms with Crippen LogP contribution in [-0.4, -0.2) is 4.57 Å². The number of thiazole rings is 1. The van der Waals surface area contributed by atoms with E-state index in [0.717, 1.165) is 21.7 Å². The second-order valence-electron chi connectivity index (χ2n) is 5.06. The molecule has 22 heavy (non-hydrogen) atoms. The van der Waals surface area contributed by atoms with Crippen LogP contribution in [0.2, 0.25) is 0 Å². The van der Waals surface area contributed by atoms with Gasteiger partial charge in [-0.05, 0) is 18.1 Å². The summed E-state index contributed by atoms with van der Waals surface area (Å²) in [5.74, 6) is 0. The van der Waals surface area contributed by atoms with Gasteiger partial charge in [-0.3, -0.25) is 9.36 Å². The predicted octanol–water partition coefficient (Wildman–Crippen LogP) is 4.60. The fourth-order valence-corrected chi connectivity index (χ4v) is 3.36. The Kier molecular flexibility index (Phi) is 4.35. The topological polar surface area (TPSA) is 22.0 Å². The van der Waals surface area contributed by atoms with Gasteiger partial charge in [0.05, 0.1) is 5.69 Å². The first-order valence-corrected chi connectivity index (χ1v) is 8.04. The molecule has 1 aromatic heterocycles. The first kappa shape index (κ1) is 14.5. The molecular formula is C19H17NOS. The number of benzene rings is 2. The van der Waals surface area contributed by atoms with Crippen LogP contribution in [0.25, 0.3) is 17.3 Å². The molecule has 0 amide bonds. The summed E-state index contributed by atoms with van der Waals surface area (Å²) in [5, 5.41) is 0. The molecule has 0 aliphatic heterocycles. The van der Waals surface area contributed by atoms with E-state index < -0.39 is 0 Å². The molecule has 3 rings (SSSR count). The highest BCUT2D eigenvalue weighted by molar-refractivity contribution is 7.09. The fraction of sp³-hybridized carbons (Fsp3) is 0.105. The monoisotopic (exact) mass is 307 g/mol. The minimum Gasteiger partial charge on any atom is -0.295 e. The van der Waals surface area contributed by atoms with Gasteiger partial charge in [-0.1, -0.05) is 84.2 Å². The van der Waals surface area contributed by atoms with Crippen molar-refractivity contribution in [2.45, 2.75) is 13.5 Å². The van der Waals surface area contributed by atoms with Crippen LogP contribution in [0.15, 0.2) is 71.5 Å². The van der Waals surface area contributed by atoms with Crippen LogP contribution in [0.4, 0.5) is 0 Å². The van der Waals surface area contributed by atoms with Gasteiger partial charge in [-0.15, -0.1) is 0 Å². The molecule has 0 spiro atoms. The normalized spacial score (nSPS) is 11.1. The average Bonchev–Trinajstić information content (AvgIpc) is 2.83. The minimum atomic E-state index is 0.0917. The molecule has 0 saturated heterocycles. The van der Waals surface area contributed by atoms with Crippen molar-refractivity contribution in [1.29, 1.82) is 0 Å². The Morgan fingerprint density at radius 2 is 1.64 bits per heavy atom. The zero-order valence-electron chi connectivity index (χ0n) is 12.4. The van der Waals surface area contributed by atoms with Crippen molar-refractivity contribution in [1.82, 2.24) is 4.57 Å². The number of rotatable bonds is 4. The molecule has 1 heterocycles. The van der Waals surface area contributed by atoms with Crippen LogP contribution in [-0.2, 0) is 6.54 Å². The second kappa shape index (κ2) is 6.58. The molecule has 0 aliphatic carbocycles. The Balaban J connectivity index is 1.91. The summed E-state index contributed by atoms with van der Waals surface area (Å²) in [6, 6.07) is 20.2. The molecule has 0 aliphatic rings. The van der Waals surface area contributed by atoms with E-state index in [1.165, 1.54) is 11.3 Å². The average molecular weight is 307 g/mol. The predicted molar refractivity (Wildman–Crippen MR) is 94.2 cm³/mol. The zero-order valence-corrected chi connectivity index (χ0v) is 13.2. The van der Waals surface area contributed by atoms with Crippen LogP contribution in [0.5, 0.6) is 0 Å². The van der Waals surface area contributed by atoms with Crippen molar-refractivity contribution in [3.05, 3.63) is 86.8 Å². The van der Waals surface area contributed by atoms with E-state index in [9.17, 15) is 4.79 Å². The third kappa shape index (κ3) is 3.10. The molecule has 0 atom stereocenters. The van der Waals surface area contributed by atoms with Gasteiger partial charge in [-0.25, -0.2) is 0 Å². The lowest BCUT2D eigenvalue weighted by atomic mass is 10.1. The SMILES string of the molecule is Cc1sc(=O)n(C/C=C/c2ccccc2)c1-c1ccccc1. The maximum atomic E-state index is 12.2. The van der Waals surface area contributed by atoms with Crippen molar-refractivity contribution in [3.63, 3.8) is 0 Å². The van der Waals surface area contributed by atoms with Crippen LogP contribution >= 0.6 is 11.3 Å². The quantitative estimate of drug-likeness (QED) is 0.690. The van der Waals surface area contributed by atoms with E-state index >= 15 is 0 Å². The van der Waals surface area contributed by atoms with E-state index in [1.807, 2.05) is 72.2 Å². The number of aryl methyl sites for hydroxylation is 1. The van der Waals surface area contributed by atoms with Crippen molar-refractivity contribution in [3.8, 4) is 11.3 Å². The fourth-order valence-electron chi connectivity index (χ4n) is 2.50. The van der Waals surface area contributed by atoms with Gasteiger partial charge in [0.2, 0.25) is 0 Å². The van der Waals surface area contributed by atoms with Crippen LogP contribution < -0.4 is 4.87 Å². The summed E-state index contributed by atoms with van der Waals surface area (Å²) >= 11 is 1.31. The number of hydrogen-bond donors (Lipinski definition) is 0. The third-order valence-corrected chi connectivity index (χ3v) is 4.40. The zero-order chi connectivity index (χ0) is 15.4. The highest BCUT2D eigenvalue weighted by Gasteiger charge is 2.12. The molecule has 0 saturated carbocycles. The maximum Gasteiger partial charge on any atom is 0.308 e. The molecule has 3 heteroatoms. The van der Waals surface area contributed by atoms with Crippen LogP contribution in [0.3, 0.4) is 0 Å². The second-order valence-corrected chi connectivity index (χ2v) is 6.23. The van der Waals surface area contributed by atoms with E-state index in [4.69, 9.17) is 0 Å². The molecule has 0 N–H and O–H groups in total. The minimum absolute atomic E-state index is 0.0917. The standard InChI is InChI=1S/C19H17NOS/c1-15-18(17-12-6-3-7-13-17)20(19(21)22-15)14-8-11-16-9-4-2-5-10-16/h2-13H,14H2,1H3/b11-8+. The van der Waals surface area contributed by atoms with Gasteiger partial charge >= 0.3 is 4.87 Å². The summed E-state index contributed by atoms with van der Waals surface area (Å²) < 4.78 is 1.84. The molecule has 0 fully saturated rings. The molecule has 0 bridgehead atoms. The van der Waals surface area contributed by atoms with Gasteiger partial charge in [0.25, 0.3) is 0 Å². The Bertz CT molecular complexity index is 829. The van der Waals surface area contributed by atoms with Gasteiger partial charge in [-0.2, -0.15) is 0 Å². The van der Waals surface area contributed by atoms with Crippen molar-refractivity contribution in [2.24, 2.45) is 0 Å². The lowest BCUT2D eigenvalue weighted by molar-refractivity contribution is 0.815. The Morgan fingerprint density at radius 1 is 1.00 bits per heavy atom. The van der Waals surface area contributed by atoms with Gasteiger partial charge in [0.1, 0.15) is 0 Å². The Morgan fingerprint density at radius 3 is 2.32 bits per heavy atom. The lowest BCUT2D eigenvalue weighted by Crippen LogP contribution is -2.13. The number of hydrogen-bond acceptors (Lipinski definition) is 2. The maximum absolute atomic E-state index is 12.2. The van der Waals surface area contributed by atoms with E-state index in [2.05, 4.69) is 12.1 Å². The van der Waals surface area contributed by atoms with E-state index in [1.54, 1.807) is 0 Å². The molecule has 0 unspecified atom stereocenters. The smallest absolute Gasteiger partial charge is 0.295 e. The molecule has 2 nitrogen and oxygen atoms in total. The summed E-state index contributed by atoms with van der Waals surface area (Å²) in [6.07, 6.45) is 4.09. The first-order chi connectivity index (χ1) is 10.8. The van der Waals surface area contributed by atoms with Crippen molar-refractivity contribution >= 4 is 17.4 Å². The van der Waals surface area contributed by atoms with Gasteiger partial charge in [0.15, 0.2) is 0 Å². The van der Waals surface area contributed by atoms with Gasteiger partial charge in [0, 0.05) is 11.4 Å². The highest BCUT2D eigenvalue weighted by atomic mass is 32.1. The van der Waals surface area contributed by atoms with Crippen LogP contribution in [0, 0.1) is 6.92 Å². The van der Waals surface area contributed by atoms with E-state index in [-0.39, 0.29) is 4.87 Å².